The number of hydrogen-bond acceptors (Lipinski definition) is 4. The van der Waals surface area contributed by atoms with E-state index >= 15 is 0 Å². The summed E-state index contributed by atoms with van der Waals surface area (Å²) in [5, 5.41) is 0. The highest BCUT2D eigenvalue weighted by Crippen LogP contribution is 2.68. The van der Waals surface area contributed by atoms with Crippen molar-refractivity contribution in [1.82, 2.24) is 0 Å². The fourth-order valence-electron chi connectivity index (χ4n) is 9.93. The molecule has 200 valence electrons. The Bertz CT molecular complexity index is 776. The summed E-state index contributed by atoms with van der Waals surface area (Å²) in [5.74, 6) is 4.88. The SMILES string of the molecule is CC(=O)O[C@H]1C[C@@H]2CC[C@@H]3[C@@H](CC[C@]4(C)[C@@H]3CC[C@H]4[C@H](C)CCCC(C)C)[C@@]2(C)C[C@H]1OC(C)=O. The summed E-state index contributed by atoms with van der Waals surface area (Å²) in [6, 6.07) is 0. The quantitative estimate of drug-likeness (QED) is 0.347. The van der Waals surface area contributed by atoms with Crippen molar-refractivity contribution < 1.29 is 19.1 Å². The van der Waals surface area contributed by atoms with Gasteiger partial charge in [0.15, 0.2) is 0 Å². The maximum absolute atomic E-state index is 11.9. The lowest BCUT2D eigenvalue weighted by atomic mass is 9.44. The smallest absolute Gasteiger partial charge is 0.303 e. The zero-order chi connectivity index (χ0) is 25.5. The first kappa shape index (κ1) is 27.0. The average Bonchev–Trinajstić information content (AvgIpc) is 3.10. The lowest BCUT2D eigenvalue weighted by Crippen LogP contribution is -2.57. The van der Waals surface area contributed by atoms with Gasteiger partial charge in [0.05, 0.1) is 0 Å². The molecule has 35 heavy (non-hydrogen) atoms. The molecular formula is C31H52O4. The van der Waals surface area contributed by atoms with Crippen LogP contribution >= 0.6 is 0 Å². The molecule has 0 aromatic rings. The number of ether oxygens (including phenoxy) is 2. The van der Waals surface area contributed by atoms with E-state index in [-0.39, 0.29) is 29.6 Å². The van der Waals surface area contributed by atoms with E-state index in [4.69, 9.17) is 9.47 Å². The fourth-order valence-corrected chi connectivity index (χ4v) is 9.93. The van der Waals surface area contributed by atoms with Gasteiger partial charge in [-0.05, 0) is 104 Å². The molecule has 4 rings (SSSR count). The molecule has 0 saturated heterocycles. The van der Waals surface area contributed by atoms with Gasteiger partial charge < -0.3 is 9.47 Å². The van der Waals surface area contributed by atoms with Gasteiger partial charge in [-0.2, -0.15) is 0 Å². The number of fused-ring (bicyclic) bond motifs is 5. The highest BCUT2D eigenvalue weighted by atomic mass is 16.6. The van der Waals surface area contributed by atoms with E-state index in [9.17, 15) is 9.59 Å². The van der Waals surface area contributed by atoms with E-state index in [0.717, 1.165) is 42.4 Å². The maximum atomic E-state index is 11.9. The molecule has 0 aromatic carbocycles. The molecule has 0 bridgehead atoms. The molecule has 4 aliphatic carbocycles. The van der Waals surface area contributed by atoms with Crippen molar-refractivity contribution >= 4 is 11.9 Å². The van der Waals surface area contributed by atoms with Gasteiger partial charge in [0.2, 0.25) is 0 Å². The number of esters is 2. The van der Waals surface area contributed by atoms with E-state index < -0.39 is 0 Å². The summed E-state index contributed by atoms with van der Waals surface area (Å²) in [6.45, 7) is 15.3. The summed E-state index contributed by atoms with van der Waals surface area (Å²) in [4.78, 5) is 23.7. The summed E-state index contributed by atoms with van der Waals surface area (Å²) in [5.41, 5.74) is 0.661. The second kappa shape index (κ2) is 10.4. The van der Waals surface area contributed by atoms with Gasteiger partial charge in [-0.25, -0.2) is 0 Å². The Morgan fingerprint density at radius 2 is 1.49 bits per heavy atom. The van der Waals surface area contributed by atoms with Gasteiger partial charge in [0.25, 0.3) is 0 Å². The topological polar surface area (TPSA) is 52.6 Å². The predicted octanol–water partition coefficient (Wildman–Crippen LogP) is 7.58. The maximum Gasteiger partial charge on any atom is 0.303 e. The summed E-state index contributed by atoms with van der Waals surface area (Å²) in [7, 11) is 0. The zero-order valence-corrected chi connectivity index (χ0v) is 23.6. The summed E-state index contributed by atoms with van der Waals surface area (Å²) < 4.78 is 11.5. The van der Waals surface area contributed by atoms with Crippen LogP contribution in [0.1, 0.15) is 119 Å². The van der Waals surface area contributed by atoms with Crippen molar-refractivity contribution in [3.8, 4) is 0 Å². The largest absolute Gasteiger partial charge is 0.459 e. The van der Waals surface area contributed by atoms with Crippen LogP contribution in [0.4, 0.5) is 0 Å². The number of carbonyl (C=O) groups is 2. The monoisotopic (exact) mass is 488 g/mol. The Hall–Kier alpha value is -1.06. The van der Waals surface area contributed by atoms with Gasteiger partial charge >= 0.3 is 11.9 Å². The normalized spacial score (nSPS) is 43.6. The van der Waals surface area contributed by atoms with E-state index in [1.165, 1.54) is 71.6 Å². The molecule has 0 spiro atoms. The molecule has 4 nitrogen and oxygen atoms in total. The minimum Gasteiger partial charge on any atom is -0.459 e. The molecule has 4 saturated carbocycles. The second-order valence-electron chi connectivity index (χ2n) is 13.9. The standard InChI is InChI=1S/C31H52O4/c1-19(2)9-8-10-20(3)25-13-14-26-24-12-11-23-17-28(34-21(4)32)29(35-22(5)33)18-31(23,7)27(24)15-16-30(25,26)6/h19-20,23-29H,8-18H2,1-7H3/t20-,23+,24+,25+,26-,27-,28+,29-,30+,31+/m1/s1. The molecule has 0 N–H and O–H groups in total. The van der Waals surface area contributed by atoms with E-state index in [1.807, 2.05) is 0 Å². The molecule has 10 atom stereocenters. The van der Waals surface area contributed by atoms with E-state index in [1.54, 1.807) is 0 Å². The third-order valence-electron chi connectivity index (χ3n) is 11.5. The van der Waals surface area contributed by atoms with Gasteiger partial charge in [-0.15, -0.1) is 0 Å². The minimum absolute atomic E-state index is 0.169. The molecule has 0 aliphatic heterocycles. The Labute approximate surface area is 214 Å². The van der Waals surface area contributed by atoms with Crippen molar-refractivity contribution in [3.63, 3.8) is 0 Å². The van der Waals surface area contributed by atoms with Gasteiger partial charge in [-0.3, -0.25) is 9.59 Å². The molecule has 4 aliphatic rings. The van der Waals surface area contributed by atoms with Crippen LogP contribution in [0, 0.1) is 52.3 Å². The van der Waals surface area contributed by atoms with Crippen molar-refractivity contribution in [2.45, 2.75) is 131 Å². The molecule has 0 aromatic heterocycles. The fraction of sp³-hybridized carbons (Fsp3) is 0.935. The van der Waals surface area contributed by atoms with Crippen LogP contribution in [0.25, 0.3) is 0 Å². The van der Waals surface area contributed by atoms with Crippen LogP contribution in [0.2, 0.25) is 0 Å². The molecular weight excluding hydrogens is 436 g/mol. The average molecular weight is 489 g/mol. The summed E-state index contributed by atoms with van der Waals surface area (Å²) in [6.07, 6.45) is 13.3. The van der Waals surface area contributed by atoms with Gasteiger partial charge in [-0.1, -0.05) is 53.9 Å². The van der Waals surface area contributed by atoms with E-state index in [2.05, 4.69) is 34.6 Å². The molecule has 4 heteroatoms. The van der Waals surface area contributed by atoms with Gasteiger partial charge in [0, 0.05) is 13.8 Å². The Balaban J connectivity index is 1.50. The minimum atomic E-state index is -0.304. The highest BCUT2D eigenvalue weighted by molar-refractivity contribution is 5.67. The third-order valence-corrected chi connectivity index (χ3v) is 11.5. The first-order valence-electron chi connectivity index (χ1n) is 14.8. The first-order chi connectivity index (χ1) is 16.5. The Morgan fingerprint density at radius 3 is 2.14 bits per heavy atom. The lowest BCUT2D eigenvalue weighted by Gasteiger charge is -2.62. The van der Waals surface area contributed by atoms with Crippen molar-refractivity contribution in [3.05, 3.63) is 0 Å². The predicted molar refractivity (Wildman–Crippen MR) is 140 cm³/mol. The van der Waals surface area contributed by atoms with Crippen molar-refractivity contribution in [2.24, 2.45) is 52.3 Å². The first-order valence-corrected chi connectivity index (χ1v) is 14.8. The van der Waals surface area contributed by atoms with Crippen molar-refractivity contribution in [2.75, 3.05) is 0 Å². The molecule has 0 amide bonds. The molecule has 0 radical (unpaired) electrons. The molecule has 4 fully saturated rings. The van der Waals surface area contributed by atoms with Crippen molar-refractivity contribution in [1.29, 1.82) is 0 Å². The van der Waals surface area contributed by atoms with Gasteiger partial charge in [0.1, 0.15) is 12.2 Å². The zero-order valence-electron chi connectivity index (χ0n) is 23.6. The molecule has 0 unspecified atom stereocenters. The highest BCUT2D eigenvalue weighted by Gasteiger charge is 2.62. The van der Waals surface area contributed by atoms with Crippen LogP contribution in [0.5, 0.6) is 0 Å². The Morgan fingerprint density at radius 1 is 0.829 bits per heavy atom. The lowest BCUT2D eigenvalue weighted by molar-refractivity contribution is -0.195. The van der Waals surface area contributed by atoms with Crippen LogP contribution in [0.3, 0.4) is 0 Å². The summed E-state index contributed by atoms with van der Waals surface area (Å²) >= 11 is 0. The number of carbonyl (C=O) groups excluding carboxylic acids is 2. The third kappa shape index (κ3) is 5.19. The van der Waals surface area contributed by atoms with Crippen LogP contribution in [0.15, 0.2) is 0 Å². The van der Waals surface area contributed by atoms with Crippen LogP contribution in [-0.2, 0) is 19.1 Å². The Kier molecular flexibility index (Phi) is 7.99. The second-order valence-corrected chi connectivity index (χ2v) is 13.9. The van der Waals surface area contributed by atoms with E-state index in [0.29, 0.717) is 17.3 Å². The molecule has 0 heterocycles. The number of hydrogen-bond donors (Lipinski definition) is 0. The van der Waals surface area contributed by atoms with Crippen LogP contribution in [-0.4, -0.2) is 24.1 Å². The number of rotatable bonds is 7. The van der Waals surface area contributed by atoms with Crippen LogP contribution < -0.4 is 0 Å².